The fourth-order valence-electron chi connectivity index (χ4n) is 2.90. The lowest BCUT2D eigenvalue weighted by atomic mass is 10.1. The van der Waals surface area contributed by atoms with Gasteiger partial charge < -0.3 is 4.74 Å². The van der Waals surface area contributed by atoms with E-state index in [1.54, 1.807) is 10.9 Å². The Morgan fingerprint density at radius 3 is 2.39 bits per heavy atom. The van der Waals surface area contributed by atoms with Crippen molar-refractivity contribution in [1.82, 2.24) is 15.2 Å². The lowest BCUT2D eigenvalue weighted by Gasteiger charge is -2.04. The molecule has 0 saturated carbocycles. The van der Waals surface area contributed by atoms with Crippen LogP contribution in [0.25, 0.3) is 16.9 Å². The van der Waals surface area contributed by atoms with Crippen LogP contribution < -0.4 is 10.2 Å². The largest absolute Gasteiger partial charge is 0.484 e. The number of nitrogens with zero attached hydrogens (tertiary/aromatic N) is 3. The topological polar surface area (TPSA) is 68.5 Å². The zero-order valence-electron chi connectivity index (χ0n) is 16.5. The van der Waals surface area contributed by atoms with Gasteiger partial charge in [-0.2, -0.15) is 10.2 Å². The molecule has 0 bridgehead atoms. The quantitative estimate of drug-likeness (QED) is 0.218. The van der Waals surface area contributed by atoms with Crippen LogP contribution in [0.1, 0.15) is 5.56 Å². The van der Waals surface area contributed by atoms with Crippen LogP contribution in [0, 0.1) is 3.57 Å². The van der Waals surface area contributed by atoms with Crippen LogP contribution in [0.2, 0.25) is 0 Å². The minimum absolute atomic E-state index is 0.118. The molecule has 0 aliphatic heterocycles. The molecule has 0 atom stereocenters. The first-order chi connectivity index (χ1) is 15.2. The number of aromatic nitrogens is 2. The number of benzene rings is 3. The Labute approximate surface area is 193 Å². The molecule has 1 aromatic heterocycles. The molecule has 0 unspecified atom stereocenters. The average molecular weight is 522 g/mol. The Balaban J connectivity index is 1.47. The van der Waals surface area contributed by atoms with Crippen LogP contribution >= 0.6 is 22.6 Å². The van der Waals surface area contributed by atoms with Crippen LogP contribution in [0.3, 0.4) is 0 Å². The summed E-state index contributed by atoms with van der Waals surface area (Å²) in [4.78, 5) is 12.1. The van der Waals surface area contributed by atoms with Crippen molar-refractivity contribution in [2.75, 3.05) is 6.61 Å². The highest BCUT2D eigenvalue weighted by Gasteiger charge is 2.11. The number of amides is 1. The van der Waals surface area contributed by atoms with E-state index in [1.165, 1.54) is 0 Å². The van der Waals surface area contributed by atoms with E-state index in [9.17, 15) is 4.79 Å². The van der Waals surface area contributed by atoms with E-state index in [2.05, 4.69) is 33.1 Å². The first-order valence-electron chi connectivity index (χ1n) is 9.60. The molecule has 0 spiro atoms. The van der Waals surface area contributed by atoms with Gasteiger partial charge in [0.05, 0.1) is 11.9 Å². The molecule has 4 aromatic rings. The number of ether oxygens (including phenoxy) is 1. The van der Waals surface area contributed by atoms with Gasteiger partial charge in [0.25, 0.3) is 5.91 Å². The first-order valence-corrected chi connectivity index (χ1v) is 10.7. The minimum atomic E-state index is -0.341. The van der Waals surface area contributed by atoms with Gasteiger partial charge in [0, 0.05) is 20.9 Å². The third-order valence-corrected chi connectivity index (χ3v) is 5.11. The molecular formula is C24H19IN4O2. The molecule has 0 aliphatic carbocycles. The minimum Gasteiger partial charge on any atom is -0.484 e. The summed E-state index contributed by atoms with van der Waals surface area (Å²) < 4.78 is 8.37. The van der Waals surface area contributed by atoms with E-state index in [-0.39, 0.29) is 12.5 Å². The van der Waals surface area contributed by atoms with Crippen molar-refractivity contribution in [2.24, 2.45) is 5.10 Å². The molecule has 7 heteroatoms. The predicted octanol–water partition coefficient (Wildman–Crippen LogP) is 4.67. The monoisotopic (exact) mass is 522 g/mol. The maximum atomic E-state index is 12.1. The second-order valence-corrected chi connectivity index (χ2v) is 7.86. The van der Waals surface area contributed by atoms with E-state index in [4.69, 9.17) is 9.84 Å². The summed E-state index contributed by atoms with van der Waals surface area (Å²) in [6.07, 6.45) is 3.48. The molecule has 4 rings (SSSR count). The van der Waals surface area contributed by atoms with Gasteiger partial charge in [-0.3, -0.25) is 4.79 Å². The van der Waals surface area contributed by atoms with Crippen molar-refractivity contribution in [2.45, 2.75) is 0 Å². The highest BCUT2D eigenvalue weighted by atomic mass is 127. The second-order valence-electron chi connectivity index (χ2n) is 6.61. The van der Waals surface area contributed by atoms with Gasteiger partial charge in [0.1, 0.15) is 11.4 Å². The fraction of sp³-hybridized carbons (Fsp3) is 0.0417. The standard InChI is InChI=1S/C24H19IN4O2/c25-20-11-13-22(14-12-20)31-17-23(30)27-26-15-19-16-29(21-9-5-2-6-10-21)28-24(19)18-7-3-1-4-8-18/h1-16H,17H2,(H,27,30)/b26-15-. The summed E-state index contributed by atoms with van der Waals surface area (Å²) >= 11 is 2.21. The smallest absolute Gasteiger partial charge is 0.277 e. The second kappa shape index (κ2) is 10.0. The molecular weight excluding hydrogens is 503 g/mol. The molecule has 0 saturated heterocycles. The van der Waals surface area contributed by atoms with Crippen molar-refractivity contribution < 1.29 is 9.53 Å². The first kappa shape index (κ1) is 20.8. The average Bonchev–Trinajstić information content (AvgIpc) is 3.24. The van der Waals surface area contributed by atoms with Gasteiger partial charge in [0.2, 0.25) is 0 Å². The normalized spacial score (nSPS) is 10.9. The van der Waals surface area contributed by atoms with E-state index in [0.717, 1.165) is 26.1 Å². The Kier molecular flexibility index (Phi) is 6.73. The Morgan fingerprint density at radius 2 is 1.68 bits per heavy atom. The van der Waals surface area contributed by atoms with Crippen molar-refractivity contribution in [3.05, 3.63) is 100 Å². The molecule has 3 aromatic carbocycles. The predicted molar refractivity (Wildman–Crippen MR) is 129 cm³/mol. The van der Waals surface area contributed by atoms with Crippen LogP contribution in [-0.4, -0.2) is 28.5 Å². The Morgan fingerprint density at radius 1 is 1.00 bits per heavy atom. The number of halogens is 1. The molecule has 1 heterocycles. The molecule has 6 nitrogen and oxygen atoms in total. The molecule has 31 heavy (non-hydrogen) atoms. The van der Waals surface area contributed by atoms with Gasteiger partial charge in [-0.05, 0) is 59.0 Å². The highest BCUT2D eigenvalue weighted by molar-refractivity contribution is 14.1. The van der Waals surface area contributed by atoms with Crippen LogP contribution in [-0.2, 0) is 4.79 Å². The number of carbonyl (C=O) groups is 1. The fourth-order valence-corrected chi connectivity index (χ4v) is 3.26. The summed E-state index contributed by atoms with van der Waals surface area (Å²) in [7, 11) is 0. The highest BCUT2D eigenvalue weighted by Crippen LogP contribution is 2.22. The Hall–Kier alpha value is -3.46. The van der Waals surface area contributed by atoms with E-state index in [1.807, 2.05) is 91.1 Å². The number of nitrogens with one attached hydrogen (secondary N) is 1. The van der Waals surface area contributed by atoms with Crippen LogP contribution in [0.15, 0.2) is 96.2 Å². The molecule has 0 radical (unpaired) electrons. The van der Waals surface area contributed by atoms with Gasteiger partial charge >= 0.3 is 0 Å². The number of hydrogen-bond acceptors (Lipinski definition) is 4. The van der Waals surface area contributed by atoms with Crippen molar-refractivity contribution in [3.63, 3.8) is 0 Å². The number of rotatable bonds is 7. The summed E-state index contributed by atoms with van der Waals surface area (Å²) in [6, 6.07) is 27.2. The zero-order valence-corrected chi connectivity index (χ0v) is 18.6. The van der Waals surface area contributed by atoms with E-state index >= 15 is 0 Å². The summed E-state index contributed by atoms with van der Waals surface area (Å²) in [5.41, 5.74) is 5.97. The number of hydrazone groups is 1. The van der Waals surface area contributed by atoms with Crippen LogP contribution in [0.5, 0.6) is 5.75 Å². The number of para-hydroxylation sites is 1. The van der Waals surface area contributed by atoms with Gasteiger partial charge in [0.15, 0.2) is 6.61 Å². The lowest BCUT2D eigenvalue weighted by molar-refractivity contribution is -0.123. The van der Waals surface area contributed by atoms with Gasteiger partial charge in [-0.15, -0.1) is 0 Å². The van der Waals surface area contributed by atoms with Crippen molar-refractivity contribution in [1.29, 1.82) is 0 Å². The lowest BCUT2D eigenvalue weighted by Crippen LogP contribution is -2.24. The number of carbonyl (C=O) groups excluding carboxylic acids is 1. The zero-order chi connectivity index (χ0) is 21.5. The van der Waals surface area contributed by atoms with Gasteiger partial charge in [-0.25, -0.2) is 10.1 Å². The van der Waals surface area contributed by atoms with Gasteiger partial charge in [-0.1, -0.05) is 48.5 Å². The summed E-state index contributed by atoms with van der Waals surface area (Å²) in [6.45, 7) is -0.118. The van der Waals surface area contributed by atoms with E-state index < -0.39 is 0 Å². The molecule has 1 N–H and O–H groups in total. The van der Waals surface area contributed by atoms with Crippen molar-refractivity contribution >= 4 is 34.7 Å². The maximum absolute atomic E-state index is 12.1. The number of hydrogen-bond donors (Lipinski definition) is 1. The van der Waals surface area contributed by atoms with Crippen molar-refractivity contribution in [3.8, 4) is 22.7 Å². The third-order valence-electron chi connectivity index (χ3n) is 4.39. The third kappa shape index (κ3) is 5.58. The maximum Gasteiger partial charge on any atom is 0.277 e. The summed E-state index contributed by atoms with van der Waals surface area (Å²) in [5, 5.41) is 8.82. The van der Waals surface area contributed by atoms with E-state index in [0.29, 0.717) is 5.75 Å². The SMILES string of the molecule is O=C(COc1ccc(I)cc1)N/N=C\c1cn(-c2ccccc2)nc1-c1ccccc1. The molecule has 1 amide bonds. The van der Waals surface area contributed by atoms with Crippen LogP contribution in [0.4, 0.5) is 0 Å². The molecule has 154 valence electrons. The molecule has 0 aliphatic rings. The Bertz CT molecular complexity index is 1170. The summed E-state index contributed by atoms with van der Waals surface area (Å²) in [5.74, 6) is 0.293. The molecule has 0 fully saturated rings.